The minimum atomic E-state index is -3.59. The SMILES string of the molecule is CC(=O)c1ccccc1NCC(=O)Nc1cc(S(=O)(=O)N(C)C)ccc1C. The Morgan fingerprint density at radius 2 is 1.70 bits per heavy atom. The van der Waals surface area contributed by atoms with E-state index in [2.05, 4.69) is 10.6 Å². The zero-order valence-electron chi connectivity index (χ0n) is 15.7. The molecule has 0 aliphatic rings. The molecule has 0 bridgehead atoms. The van der Waals surface area contributed by atoms with Crippen LogP contribution in [0.1, 0.15) is 22.8 Å². The number of benzene rings is 2. The first-order chi connectivity index (χ1) is 12.6. The zero-order valence-corrected chi connectivity index (χ0v) is 16.6. The van der Waals surface area contributed by atoms with Gasteiger partial charge in [0.2, 0.25) is 15.9 Å². The molecular weight excluding hydrogens is 366 g/mol. The second kappa shape index (κ2) is 8.32. The Kier molecular flexibility index (Phi) is 6.35. The van der Waals surface area contributed by atoms with Crippen LogP contribution in [0.2, 0.25) is 0 Å². The number of anilines is 2. The monoisotopic (exact) mass is 389 g/mol. The number of sulfonamides is 1. The topological polar surface area (TPSA) is 95.6 Å². The van der Waals surface area contributed by atoms with Gasteiger partial charge in [-0.05, 0) is 43.7 Å². The predicted octanol–water partition coefficient (Wildman–Crippen LogP) is 2.50. The van der Waals surface area contributed by atoms with Gasteiger partial charge in [-0.2, -0.15) is 0 Å². The number of amides is 1. The Labute approximate surface area is 159 Å². The smallest absolute Gasteiger partial charge is 0.243 e. The second-order valence-electron chi connectivity index (χ2n) is 6.27. The Morgan fingerprint density at radius 1 is 1.04 bits per heavy atom. The molecule has 0 aliphatic carbocycles. The summed E-state index contributed by atoms with van der Waals surface area (Å²) in [7, 11) is -0.697. The van der Waals surface area contributed by atoms with Crippen LogP contribution in [0.15, 0.2) is 47.4 Å². The number of carbonyl (C=O) groups is 2. The minimum Gasteiger partial charge on any atom is -0.376 e. The van der Waals surface area contributed by atoms with Crippen LogP contribution in [0.25, 0.3) is 0 Å². The molecule has 0 saturated carbocycles. The maximum Gasteiger partial charge on any atom is 0.243 e. The molecule has 0 radical (unpaired) electrons. The molecule has 8 heteroatoms. The first kappa shape index (κ1) is 20.6. The highest BCUT2D eigenvalue weighted by Gasteiger charge is 2.18. The van der Waals surface area contributed by atoms with Crippen molar-refractivity contribution in [2.24, 2.45) is 0 Å². The molecule has 1 amide bonds. The molecule has 0 aromatic heterocycles. The molecule has 0 heterocycles. The van der Waals surface area contributed by atoms with E-state index in [1.54, 1.807) is 37.3 Å². The van der Waals surface area contributed by atoms with E-state index in [0.29, 0.717) is 16.9 Å². The van der Waals surface area contributed by atoms with E-state index < -0.39 is 10.0 Å². The Hall–Kier alpha value is -2.71. The van der Waals surface area contributed by atoms with Gasteiger partial charge < -0.3 is 10.6 Å². The lowest BCUT2D eigenvalue weighted by Crippen LogP contribution is -2.24. The summed E-state index contributed by atoms with van der Waals surface area (Å²) >= 11 is 0. The lowest BCUT2D eigenvalue weighted by molar-refractivity contribution is -0.114. The van der Waals surface area contributed by atoms with Crippen molar-refractivity contribution in [1.29, 1.82) is 0 Å². The average molecular weight is 389 g/mol. The number of nitrogens with zero attached hydrogens (tertiary/aromatic N) is 1. The fraction of sp³-hybridized carbons (Fsp3) is 0.263. The highest BCUT2D eigenvalue weighted by Crippen LogP contribution is 2.22. The lowest BCUT2D eigenvalue weighted by Gasteiger charge is -2.15. The number of nitrogens with one attached hydrogen (secondary N) is 2. The first-order valence-corrected chi connectivity index (χ1v) is 9.74. The van der Waals surface area contributed by atoms with Gasteiger partial charge in [0.05, 0.1) is 11.4 Å². The van der Waals surface area contributed by atoms with Gasteiger partial charge in [-0.25, -0.2) is 12.7 Å². The van der Waals surface area contributed by atoms with Crippen LogP contribution in [0.3, 0.4) is 0 Å². The van der Waals surface area contributed by atoms with Crippen molar-refractivity contribution in [2.45, 2.75) is 18.7 Å². The minimum absolute atomic E-state index is 0.0611. The Morgan fingerprint density at radius 3 is 2.33 bits per heavy atom. The lowest BCUT2D eigenvalue weighted by atomic mass is 10.1. The van der Waals surface area contributed by atoms with Crippen LogP contribution in [0, 0.1) is 6.92 Å². The maximum absolute atomic E-state index is 12.3. The third-order valence-corrected chi connectivity index (χ3v) is 5.82. The van der Waals surface area contributed by atoms with Crippen molar-refractivity contribution >= 4 is 33.1 Å². The maximum atomic E-state index is 12.3. The summed E-state index contributed by atoms with van der Waals surface area (Å²) in [5, 5.41) is 5.65. The number of hydrogen-bond donors (Lipinski definition) is 2. The van der Waals surface area contributed by atoms with E-state index >= 15 is 0 Å². The molecule has 144 valence electrons. The van der Waals surface area contributed by atoms with Crippen molar-refractivity contribution in [2.75, 3.05) is 31.3 Å². The summed E-state index contributed by atoms with van der Waals surface area (Å²) in [6.07, 6.45) is 0. The van der Waals surface area contributed by atoms with Crippen molar-refractivity contribution in [1.82, 2.24) is 4.31 Å². The van der Waals surface area contributed by atoms with Crippen molar-refractivity contribution in [3.05, 3.63) is 53.6 Å². The van der Waals surface area contributed by atoms with Gasteiger partial charge in [0, 0.05) is 31.0 Å². The van der Waals surface area contributed by atoms with E-state index in [0.717, 1.165) is 9.87 Å². The van der Waals surface area contributed by atoms with Gasteiger partial charge in [0.25, 0.3) is 0 Å². The number of para-hydroxylation sites is 1. The number of carbonyl (C=O) groups excluding carboxylic acids is 2. The molecule has 2 aromatic rings. The first-order valence-electron chi connectivity index (χ1n) is 8.30. The van der Waals surface area contributed by atoms with Gasteiger partial charge >= 0.3 is 0 Å². The molecule has 2 aromatic carbocycles. The summed E-state index contributed by atoms with van der Waals surface area (Å²) in [5.41, 5.74) is 2.23. The normalized spacial score (nSPS) is 11.3. The zero-order chi connectivity index (χ0) is 20.2. The molecule has 0 spiro atoms. The summed E-state index contributed by atoms with van der Waals surface area (Å²) in [5.74, 6) is -0.452. The van der Waals surface area contributed by atoms with Crippen molar-refractivity contribution in [3.63, 3.8) is 0 Å². The van der Waals surface area contributed by atoms with E-state index in [-0.39, 0.29) is 23.1 Å². The largest absolute Gasteiger partial charge is 0.376 e. The molecule has 0 fully saturated rings. The Balaban J connectivity index is 2.14. The Bertz CT molecular complexity index is 969. The third kappa shape index (κ3) is 4.93. The summed E-state index contributed by atoms with van der Waals surface area (Å²) in [4.78, 5) is 24.0. The van der Waals surface area contributed by atoms with Crippen LogP contribution in [-0.4, -0.2) is 45.1 Å². The third-order valence-electron chi connectivity index (χ3n) is 4.01. The molecule has 0 unspecified atom stereocenters. The molecule has 27 heavy (non-hydrogen) atoms. The van der Waals surface area contributed by atoms with E-state index in [4.69, 9.17) is 0 Å². The standard InChI is InChI=1S/C19H23N3O4S/c1-13-9-10-15(27(25,26)22(3)4)11-18(13)21-19(24)12-20-17-8-6-5-7-16(17)14(2)23/h5-11,20H,12H2,1-4H3,(H,21,24). The molecule has 2 rings (SSSR count). The number of Topliss-reactive ketones (excluding diaryl/α,β-unsaturated/α-hetero) is 1. The summed E-state index contributed by atoms with van der Waals surface area (Å²) in [6, 6.07) is 11.5. The molecule has 0 saturated heterocycles. The van der Waals surface area contributed by atoms with Gasteiger partial charge in [-0.1, -0.05) is 18.2 Å². The number of hydrogen-bond acceptors (Lipinski definition) is 5. The van der Waals surface area contributed by atoms with Crippen LogP contribution in [0.4, 0.5) is 11.4 Å². The molecular formula is C19H23N3O4S. The van der Waals surface area contributed by atoms with E-state index in [9.17, 15) is 18.0 Å². The summed E-state index contributed by atoms with van der Waals surface area (Å²) in [6.45, 7) is 3.18. The van der Waals surface area contributed by atoms with Crippen LogP contribution in [0.5, 0.6) is 0 Å². The van der Waals surface area contributed by atoms with Crippen LogP contribution < -0.4 is 10.6 Å². The highest BCUT2D eigenvalue weighted by atomic mass is 32.2. The highest BCUT2D eigenvalue weighted by molar-refractivity contribution is 7.89. The summed E-state index contributed by atoms with van der Waals surface area (Å²) < 4.78 is 25.6. The fourth-order valence-corrected chi connectivity index (χ4v) is 3.35. The van der Waals surface area contributed by atoms with Crippen molar-refractivity contribution < 1.29 is 18.0 Å². The van der Waals surface area contributed by atoms with E-state index in [1.807, 2.05) is 0 Å². The van der Waals surface area contributed by atoms with E-state index in [1.165, 1.54) is 33.2 Å². The molecule has 2 N–H and O–H groups in total. The van der Waals surface area contributed by atoms with Gasteiger partial charge in [0.15, 0.2) is 5.78 Å². The van der Waals surface area contributed by atoms with Gasteiger partial charge in [-0.3, -0.25) is 9.59 Å². The molecule has 0 aliphatic heterocycles. The molecule has 7 nitrogen and oxygen atoms in total. The number of ketones is 1. The molecule has 0 atom stereocenters. The van der Waals surface area contributed by atoms with Crippen LogP contribution >= 0.6 is 0 Å². The van der Waals surface area contributed by atoms with Crippen LogP contribution in [-0.2, 0) is 14.8 Å². The average Bonchev–Trinajstić information content (AvgIpc) is 2.61. The van der Waals surface area contributed by atoms with Crippen molar-refractivity contribution in [3.8, 4) is 0 Å². The van der Waals surface area contributed by atoms with Gasteiger partial charge in [0.1, 0.15) is 0 Å². The quantitative estimate of drug-likeness (QED) is 0.710. The fourth-order valence-electron chi connectivity index (χ4n) is 2.42. The second-order valence-corrected chi connectivity index (χ2v) is 8.42. The number of rotatable bonds is 7. The predicted molar refractivity (Wildman–Crippen MR) is 106 cm³/mol. The van der Waals surface area contributed by atoms with Gasteiger partial charge in [-0.15, -0.1) is 0 Å². The number of aryl methyl sites for hydroxylation is 1.